The van der Waals surface area contributed by atoms with Crippen molar-refractivity contribution in [3.63, 3.8) is 0 Å². The van der Waals surface area contributed by atoms with E-state index in [-0.39, 0.29) is 18.4 Å². The van der Waals surface area contributed by atoms with E-state index in [0.29, 0.717) is 44.0 Å². The van der Waals surface area contributed by atoms with Crippen LogP contribution in [0.3, 0.4) is 0 Å². The van der Waals surface area contributed by atoms with Crippen molar-refractivity contribution in [2.75, 3.05) is 0 Å². The molecule has 0 heterocycles. The number of halogens is 6. The summed E-state index contributed by atoms with van der Waals surface area (Å²) in [6, 6.07) is 74.9. The third-order valence-corrected chi connectivity index (χ3v) is 25.2. The van der Waals surface area contributed by atoms with Crippen LogP contribution in [0.2, 0.25) is 0 Å². The van der Waals surface area contributed by atoms with Crippen LogP contribution in [0.5, 0.6) is 5.75 Å². The van der Waals surface area contributed by atoms with Crippen molar-refractivity contribution in [1.82, 2.24) is 0 Å². The summed E-state index contributed by atoms with van der Waals surface area (Å²) in [6.07, 6.45) is -10.0. The van der Waals surface area contributed by atoms with E-state index in [9.17, 15) is 26.3 Å². The number of rotatable bonds is 16. The summed E-state index contributed by atoms with van der Waals surface area (Å²) in [5, 5.41) is 4.25. The molecule has 12 heteroatoms. The fourth-order valence-electron chi connectivity index (χ4n) is 10.1. The predicted molar refractivity (Wildman–Crippen MR) is 285 cm³/mol. The topological polar surface area (TPSA) is 27.7 Å². The summed E-state index contributed by atoms with van der Waals surface area (Å²) in [5.41, 5.74) is 0.529. The van der Waals surface area contributed by atoms with Gasteiger partial charge in [0.2, 0.25) is 0 Å². The monoisotopic (exact) mass is 1010 g/mol. The first kappa shape index (κ1) is 50.2. The van der Waals surface area contributed by atoms with E-state index in [1.807, 2.05) is 244 Å². The molecule has 3 nitrogen and oxygen atoms in total. The molecular weight excluding hydrogens is 955 g/mol. The molecule has 0 aromatic heterocycles. The quantitative estimate of drug-likeness (QED) is 0.0548. The maximum atomic E-state index is 15.0. The van der Waals surface area contributed by atoms with Gasteiger partial charge in [0.1, 0.15) is 0 Å². The Labute approximate surface area is 417 Å². The summed E-state index contributed by atoms with van der Waals surface area (Å²) >= 11 is 0. The van der Waals surface area contributed by atoms with Crippen LogP contribution in [0.15, 0.2) is 249 Å². The molecule has 0 unspecified atom stereocenters. The van der Waals surface area contributed by atoms with Crippen LogP contribution in [-0.2, 0) is 33.6 Å². The van der Waals surface area contributed by atoms with E-state index in [2.05, 4.69) is 0 Å². The van der Waals surface area contributed by atoms with Crippen LogP contribution in [0.1, 0.15) is 33.4 Å². The summed E-state index contributed by atoms with van der Waals surface area (Å²) in [7, 11) is -2.07. The Morgan fingerprint density at radius 3 is 0.847 bits per heavy atom. The zero-order valence-electron chi connectivity index (χ0n) is 39.5. The maximum absolute atomic E-state index is 15.0. The summed E-state index contributed by atoms with van der Waals surface area (Å²) in [5.74, 6) is -0.759. The molecule has 0 saturated heterocycles. The minimum absolute atomic E-state index is 0.0930. The molecule has 0 N–H and O–H groups in total. The molecule has 0 amide bonds. The second-order valence-corrected chi connectivity index (χ2v) is 27.0. The fraction of sp³-hybridized carbons (Fsp3) is 0.100. The molecule has 0 radical (unpaired) electrons. The standard InChI is InChI=1S/C60H51BF6O3P2/c1-46-25-21-23-27-48(46)44-71(53-29-9-3-10-30-53,54-31-11-4-12-32-54,55-33-13-5-14-34-55)69-61(68-52-42-50(59(62,63)64)41-51(43-52)60(65,66)67)70-72(56-35-15-6-16-36-56,57-37-17-7-18-38-57,58-39-19-8-20-40-58)45-49-28-24-22-26-47(49)2/h3-43H,44-45H2,1-2H3. The van der Waals surface area contributed by atoms with Crippen molar-refractivity contribution in [3.8, 4) is 5.75 Å². The molecule has 0 spiro atoms. The average Bonchev–Trinajstić information content (AvgIpc) is 3.40. The van der Waals surface area contributed by atoms with Crippen LogP contribution in [-0.4, -0.2) is 7.32 Å². The van der Waals surface area contributed by atoms with Gasteiger partial charge in [0.05, 0.1) is 0 Å². The van der Waals surface area contributed by atoms with Gasteiger partial charge >= 0.3 is 419 Å². The van der Waals surface area contributed by atoms with Crippen LogP contribution in [0, 0.1) is 13.8 Å². The van der Waals surface area contributed by atoms with E-state index in [1.54, 1.807) is 0 Å². The van der Waals surface area contributed by atoms with E-state index >= 15 is 0 Å². The van der Waals surface area contributed by atoms with Crippen molar-refractivity contribution >= 4 is 52.8 Å². The van der Waals surface area contributed by atoms with Gasteiger partial charge in [0.25, 0.3) is 0 Å². The Hall–Kier alpha value is -6.80. The molecule has 0 bridgehead atoms. The van der Waals surface area contributed by atoms with Gasteiger partial charge in [-0.1, -0.05) is 0 Å². The van der Waals surface area contributed by atoms with E-state index in [4.69, 9.17) is 13.5 Å². The number of hydrogen-bond acceptors (Lipinski definition) is 3. The van der Waals surface area contributed by atoms with Crippen LogP contribution in [0.25, 0.3) is 0 Å². The number of benzene rings is 9. The van der Waals surface area contributed by atoms with Gasteiger partial charge in [-0.2, -0.15) is 0 Å². The van der Waals surface area contributed by atoms with Crippen LogP contribution >= 0.6 is 13.7 Å². The Bertz CT molecular complexity index is 2840. The van der Waals surface area contributed by atoms with Crippen molar-refractivity contribution < 1.29 is 39.9 Å². The minimum atomic E-state index is -5.19. The first-order valence-corrected chi connectivity index (χ1v) is 28.1. The summed E-state index contributed by atoms with van der Waals surface area (Å²) in [4.78, 5) is 0. The zero-order chi connectivity index (χ0) is 50.5. The second-order valence-electron chi connectivity index (χ2n) is 18.0. The second kappa shape index (κ2) is 20.0. The van der Waals surface area contributed by atoms with Gasteiger partial charge in [0, 0.05) is 0 Å². The molecular formula is C60H51BF6O3P2. The molecule has 0 aliphatic carbocycles. The molecule has 9 rings (SSSR count). The van der Waals surface area contributed by atoms with Crippen molar-refractivity contribution in [1.29, 1.82) is 0 Å². The van der Waals surface area contributed by atoms with Gasteiger partial charge in [-0.15, -0.1) is 0 Å². The van der Waals surface area contributed by atoms with Crippen LogP contribution in [0.4, 0.5) is 26.3 Å². The third-order valence-electron chi connectivity index (χ3n) is 13.7. The predicted octanol–water partition coefficient (Wildman–Crippen LogP) is 14.0. The van der Waals surface area contributed by atoms with Crippen molar-refractivity contribution in [2.45, 2.75) is 38.5 Å². The molecule has 9 aromatic rings. The van der Waals surface area contributed by atoms with Gasteiger partial charge in [-0.25, -0.2) is 0 Å². The third kappa shape index (κ3) is 9.18. The molecule has 364 valence electrons. The van der Waals surface area contributed by atoms with E-state index < -0.39 is 50.2 Å². The van der Waals surface area contributed by atoms with E-state index in [0.717, 1.165) is 22.3 Å². The van der Waals surface area contributed by atoms with Crippen LogP contribution < -0.4 is 36.5 Å². The van der Waals surface area contributed by atoms with Gasteiger partial charge in [-0.05, 0) is 0 Å². The normalized spacial score (nSPS) is 13.3. The first-order valence-electron chi connectivity index (χ1n) is 23.4. The SMILES string of the molecule is Cc1ccccc1CP(OB(Oc1cc(C(F)(F)F)cc(C(F)(F)F)c1)OP(Cc1ccccc1C)(c1ccccc1)(c1ccccc1)c1ccccc1)(c1ccccc1)(c1ccccc1)c1ccccc1. The van der Waals surface area contributed by atoms with Gasteiger partial charge in [0.15, 0.2) is 0 Å². The fourth-order valence-corrected chi connectivity index (χ4v) is 21.7. The number of aryl methyl sites for hydroxylation is 2. The molecule has 72 heavy (non-hydrogen) atoms. The molecule has 0 aliphatic rings. The Balaban J connectivity index is 1.49. The average molecular weight is 1010 g/mol. The van der Waals surface area contributed by atoms with Crippen molar-refractivity contribution in [3.05, 3.63) is 282 Å². The number of alkyl halides is 6. The summed E-state index contributed by atoms with van der Waals surface area (Å²) < 4.78 is 113. The molecule has 9 aromatic carbocycles. The molecule has 0 fully saturated rings. The van der Waals surface area contributed by atoms with Crippen molar-refractivity contribution in [2.24, 2.45) is 0 Å². The molecule has 0 saturated carbocycles. The van der Waals surface area contributed by atoms with Gasteiger partial charge in [-0.3, -0.25) is 0 Å². The first-order chi connectivity index (χ1) is 34.6. The Kier molecular flexibility index (Phi) is 13.9. The van der Waals surface area contributed by atoms with E-state index in [1.165, 1.54) is 0 Å². The zero-order valence-corrected chi connectivity index (χ0v) is 41.3. The Morgan fingerprint density at radius 2 is 0.597 bits per heavy atom. The number of hydrogen-bond donors (Lipinski definition) is 0. The molecule has 0 aliphatic heterocycles. The summed E-state index contributed by atoms with van der Waals surface area (Å²) in [6.45, 7) is -5.67. The Morgan fingerprint density at radius 1 is 0.347 bits per heavy atom. The molecule has 0 atom stereocenters. The van der Waals surface area contributed by atoms with Gasteiger partial charge < -0.3 is 0 Å².